The van der Waals surface area contributed by atoms with E-state index in [4.69, 9.17) is 0 Å². The zero-order valence-electron chi connectivity index (χ0n) is 41.3. The maximum atomic E-state index is 9.27. The molecule has 77 heavy (non-hydrogen) atoms. The highest BCUT2D eigenvalue weighted by Crippen LogP contribution is 2.70. The number of rotatable bonds is 24. The van der Waals surface area contributed by atoms with Gasteiger partial charge in [0.1, 0.15) is 0 Å². The monoisotopic (exact) mass is 1530 g/mol. The van der Waals surface area contributed by atoms with Crippen molar-refractivity contribution >= 4 is 329 Å². The van der Waals surface area contributed by atoms with Crippen molar-refractivity contribution < 1.29 is 0 Å². The Morgan fingerprint density at radius 1 is 0.273 bits per heavy atom. The summed E-state index contributed by atoms with van der Waals surface area (Å²) in [4.78, 5) is 5.68. The van der Waals surface area contributed by atoms with Crippen LogP contribution in [-0.4, -0.2) is 69.0 Å². The van der Waals surface area contributed by atoms with E-state index in [0.717, 1.165) is 46.0 Å². The van der Waals surface area contributed by atoms with Gasteiger partial charge < -0.3 is 0 Å². The second-order valence-corrected chi connectivity index (χ2v) is 51.2. The lowest BCUT2D eigenvalue weighted by Crippen LogP contribution is -1.88. The van der Waals surface area contributed by atoms with Crippen molar-refractivity contribution in [1.82, 2.24) is 0 Å². The minimum absolute atomic E-state index is 0.591. The Bertz CT molecular complexity index is 2570. The van der Waals surface area contributed by atoms with Gasteiger partial charge in [0.05, 0.1) is 96.9 Å². The number of hydrogen-bond donors (Lipinski definition) is 0. The third-order valence-corrected chi connectivity index (χ3v) is 51.7. The molecule has 0 atom stereocenters. The molecule has 10 aliphatic rings. The lowest BCUT2D eigenvalue weighted by atomic mass is 10.6. The van der Waals surface area contributed by atoms with Crippen molar-refractivity contribution in [3.63, 3.8) is 0 Å². The minimum Gasteiger partial charge on any atom is -0.198 e. The molecular formula is C47H46N2S28. The SMILES string of the molecule is CC1=C(C)SC(=C2SC(SCCC#N)=C(SCCCSC3=C(SCCCSC4=C(SCCCSC5=C(SCCC#N)SC(=C6SC(C)=C(C)S6)S5)SC(=C5SC6=C(SCCS6)S5)S4)SC(=C4SC5=C(SCCS5)S4)S3)S2)S1. The number of allylic oxidation sites excluding steroid dienone is 4. The number of hydrogen-bond acceptors (Lipinski definition) is 30. The van der Waals surface area contributed by atoms with Crippen LogP contribution in [0.5, 0.6) is 0 Å². The number of nitrogens with zero attached hydrogens (tertiary/aromatic N) is 2. The van der Waals surface area contributed by atoms with Gasteiger partial charge in [-0.1, -0.05) is 188 Å². The Kier molecular flexibility index (Phi) is 29.1. The van der Waals surface area contributed by atoms with Crippen LogP contribution >= 0.6 is 329 Å². The van der Waals surface area contributed by atoms with E-state index in [1.54, 1.807) is 0 Å². The molecule has 0 unspecified atom stereocenters. The molecule has 10 rings (SSSR count). The molecule has 0 aromatic rings. The van der Waals surface area contributed by atoms with Gasteiger partial charge in [0, 0.05) is 47.4 Å². The molecule has 412 valence electrons. The zero-order valence-corrected chi connectivity index (χ0v) is 64.2. The largest absolute Gasteiger partial charge is 0.198 e. The van der Waals surface area contributed by atoms with Crippen LogP contribution in [0, 0.1) is 22.7 Å². The van der Waals surface area contributed by atoms with Crippen LogP contribution in [0.1, 0.15) is 59.8 Å². The summed E-state index contributed by atoms with van der Waals surface area (Å²) >= 11 is 56.3. The maximum absolute atomic E-state index is 9.27. The predicted octanol–water partition coefficient (Wildman–Crippen LogP) is 26.4. The molecular weight excluding hydrogens is 1490 g/mol. The van der Waals surface area contributed by atoms with Crippen LogP contribution in [-0.2, 0) is 0 Å². The van der Waals surface area contributed by atoms with Crippen molar-refractivity contribution in [3.8, 4) is 12.1 Å². The first-order valence-electron chi connectivity index (χ1n) is 23.6. The van der Waals surface area contributed by atoms with Gasteiger partial charge in [0.25, 0.3) is 0 Å². The molecule has 2 nitrogen and oxygen atoms in total. The summed E-state index contributed by atoms with van der Waals surface area (Å²) in [6.45, 7) is 8.96. The smallest absolute Gasteiger partial charge is 0.0717 e. The first-order valence-corrected chi connectivity index (χ1v) is 48.5. The fourth-order valence-electron chi connectivity index (χ4n) is 6.33. The molecule has 0 fully saturated rings. The van der Waals surface area contributed by atoms with Crippen LogP contribution in [0.15, 0.2) is 104 Å². The summed E-state index contributed by atoms with van der Waals surface area (Å²) in [6, 6.07) is 4.70. The van der Waals surface area contributed by atoms with E-state index in [-0.39, 0.29) is 0 Å². The van der Waals surface area contributed by atoms with Gasteiger partial charge in [-0.05, 0) is 101 Å². The van der Waals surface area contributed by atoms with Gasteiger partial charge in [0.2, 0.25) is 0 Å². The van der Waals surface area contributed by atoms with E-state index < -0.39 is 0 Å². The van der Waals surface area contributed by atoms with Crippen molar-refractivity contribution in [3.05, 3.63) is 104 Å². The molecule has 0 radical (unpaired) electrons. The van der Waals surface area contributed by atoms with Crippen LogP contribution in [0.4, 0.5) is 0 Å². The Morgan fingerprint density at radius 2 is 0.468 bits per heavy atom. The van der Waals surface area contributed by atoms with E-state index in [1.807, 2.05) is 188 Å². The van der Waals surface area contributed by atoms with E-state index >= 15 is 0 Å². The summed E-state index contributed by atoms with van der Waals surface area (Å²) in [5.41, 5.74) is 0. The molecule has 0 aromatic heterocycles. The third-order valence-electron chi connectivity index (χ3n) is 10.1. The molecule has 0 bridgehead atoms. The third kappa shape index (κ3) is 18.9. The lowest BCUT2D eigenvalue weighted by molar-refractivity contribution is 1.13. The maximum Gasteiger partial charge on any atom is 0.0717 e. The first-order chi connectivity index (χ1) is 37.7. The standard InChI is InChI=1S/C47H46N2S28/c1-24-25(2)63-40(62-24)42-66-28(50-12-5-10-48)30(68-42)52-14-7-16-54-32-34(72-44(70-32)46-74-36-37(75-46)59-21-20-58-36)56-18-9-19-57-35-33(71-45(73-35)47-76-38-39(77-47)61-23-22-60-38)55-17-8-15-53-31-29(51-13-6-11-49)67-43(69-31)41-64-26(3)27(4)65-41/h5-9,12-23H2,1-4H3. The van der Waals surface area contributed by atoms with Crippen LogP contribution in [0.3, 0.4) is 0 Å². The summed E-state index contributed by atoms with van der Waals surface area (Å²) in [5.74, 6) is 13.4. The molecule has 0 aliphatic carbocycles. The molecule has 10 aliphatic heterocycles. The Labute approximate surface area is 575 Å². The van der Waals surface area contributed by atoms with Gasteiger partial charge in [0.15, 0.2) is 0 Å². The van der Waals surface area contributed by atoms with E-state index in [2.05, 4.69) is 181 Å². The number of thioether (sulfide) groups is 28. The highest BCUT2D eigenvalue weighted by molar-refractivity contribution is 8.48. The molecule has 0 aromatic carbocycles. The molecule has 0 N–H and O–H groups in total. The summed E-state index contributed by atoms with van der Waals surface area (Å²) in [6.07, 6.45) is 4.71. The van der Waals surface area contributed by atoms with Crippen LogP contribution in [0.2, 0.25) is 0 Å². The van der Waals surface area contributed by atoms with E-state index in [9.17, 15) is 10.5 Å². The normalized spacial score (nSPS) is 22.3. The zero-order chi connectivity index (χ0) is 53.1. The highest BCUT2D eigenvalue weighted by Gasteiger charge is 2.35. The van der Waals surface area contributed by atoms with Crippen molar-refractivity contribution in [2.45, 2.75) is 59.8 Å². The van der Waals surface area contributed by atoms with E-state index in [0.29, 0.717) is 12.8 Å². The molecule has 0 amide bonds. The molecule has 10 heterocycles. The van der Waals surface area contributed by atoms with Crippen molar-refractivity contribution in [2.24, 2.45) is 0 Å². The molecule has 30 heteroatoms. The second-order valence-electron chi connectivity index (χ2n) is 15.7. The molecule has 0 saturated heterocycles. The topological polar surface area (TPSA) is 47.6 Å². The Balaban J connectivity index is 0.737. The molecule has 0 saturated carbocycles. The average Bonchev–Trinajstić information content (AvgIpc) is 4.36. The van der Waals surface area contributed by atoms with Crippen molar-refractivity contribution in [2.75, 3.05) is 69.0 Å². The quantitative estimate of drug-likeness (QED) is 0.0861. The van der Waals surface area contributed by atoms with E-state index in [1.165, 1.54) is 147 Å². The van der Waals surface area contributed by atoms with Gasteiger partial charge in [-0.3, -0.25) is 0 Å². The first kappa shape index (κ1) is 65.6. The predicted molar refractivity (Wildman–Crippen MR) is 412 cm³/mol. The van der Waals surface area contributed by atoms with Gasteiger partial charge >= 0.3 is 0 Å². The second kappa shape index (κ2) is 34.2. The number of nitriles is 2. The summed E-state index contributed by atoms with van der Waals surface area (Å²) in [5, 5.41) is 18.5. The van der Waals surface area contributed by atoms with Gasteiger partial charge in [-0.2, -0.15) is 10.5 Å². The Hall–Kier alpha value is 5.66. The fourth-order valence-corrected chi connectivity index (χ4v) is 48.3. The summed E-state index contributed by atoms with van der Waals surface area (Å²) < 4.78 is 29.6. The fraction of sp³-hybridized carbons (Fsp3) is 0.447. The van der Waals surface area contributed by atoms with Gasteiger partial charge in [-0.25, -0.2) is 0 Å². The summed E-state index contributed by atoms with van der Waals surface area (Å²) in [7, 11) is 0. The van der Waals surface area contributed by atoms with Crippen molar-refractivity contribution in [1.29, 1.82) is 10.5 Å². The molecule has 0 spiro atoms. The Morgan fingerprint density at radius 3 is 0.688 bits per heavy atom. The average molecular weight is 1540 g/mol. The lowest BCUT2D eigenvalue weighted by Gasteiger charge is -2.08. The highest BCUT2D eigenvalue weighted by atomic mass is 32.3. The van der Waals surface area contributed by atoms with Gasteiger partial charge in [-0.15, -0.1) is 141 Å². The minimum atomic E-state index is 0.591. The van der Waals surface area contributed by atoms with Crippen LogP contribution < -0.4 is 0 Å². The van der Waals surface area contributed by atoms with Crippen LogP contribution in [0.25, 0.3) is 0 Å².